The molecule has 0 bridgehead atoms. The molecule has 0 amide bonds. The molecule has 1 aromatic carbocycles. The summed E-state index contributed by atoms with van der Waals surface area (Å²) in [4.78, 5) is 19.8. The number of nitrogens with zero attached hydrogens (tertiary/aromatic N) is 2. The average Bonchev–Trinajstić information content (AvgIpc) is 3.42. The first-order valence-corrected chi connectivity index (χ1v) is 14.4. The summed E-state index contributed by atoms with van der Waals surface area (Å²) >= 11 is 0. The van der Waals surface area contributed by atoms with Crippen molar-refractivity contribution in [2.75, 3.05) is 13.2 Å². The van der Waals surface area contributed by atoms with E-state index in [9.17, 15) is 4.79 Å². The lowest BCUT2D eigenvalue weighted by Gasteiger charge is -2.16. The summed E-state index contributed by atoms with van der Waals surface area (Å²) < 4.78 is 11.1. The highest BCUT2D eigenvalue weighted by Crippen LogP contribution is 2.33. The normalized spacial score (nSPS) is 17.2. The summed E-state index contributed by atoms with van der Waals surface area (Å²) in [6, 6.07) is 7.28. The lowest BCUT2D eigenvalue weighted by Crippen LogP contribution is -2.03. The van der Waals surface area contributed by atoms with Crippen LogP contribution in [0.4, 0.5) is 0 Å². The number of oxazole rings is 1. The van der Waals surface area contributed by atoms with Gasteiger partial charge in [-0.1, -0.05) is 89.3 Å². The van der Waals surface area contributed by atoms with Gasteiger partial charge in [-0.05, 0) is 45.1 Å². The van der Waals surface area contributed by atoms with E-state index in [0.29, 0.717) is 17.2 Å². The molecule has 0 spiro atoms. The monoisotopic (exact) mass is 520 g/mol. The molecule has 1 unspecified atom stereocenters. The quantitative estimate of drug-likeness (QED) is 0.197. The van der Waals surface area contributed by atoms with Gasteiger partial charge in [0.15, 0.2) is 5.76 Å². The minimum atomic E-state index is 0.0924. The highest BCUT2D eigenvalue weighted by Gasteiger charge is 2.21. The number of allylic oxidation sites excluding steroid dienone is 4. The second-order valence-electron chi connectivity index (χ2n) is 10.5. The van der Waals surface area contributed by atoms with Crippen LogP contribution >= 0.6 is 0 Å². The van der Waals surface area contributed by atoms with Gasteiger partial charge in [-0.15, -0.1) is 0 Å². The van der Waals surface area contributed by atoms with Gasteiger partial charge in [0.25, 0.3) is 0 Å². The number of rotatable bonds is 8. The first-order chi connectivity index (χ1) is 18.4. The molecule has 1 fully saturated rings. The van der Waals surface area contributed by atoms with E-state index in [0.717, 1.165) is 61.7 Å². The van der Waals surface area contributed by atoms with E-state index in [1.165, 1.54) is 37.7 Å². The van der Waals surface area contributed by atoms with Gasteiger partial charge in [0.1, 0.15) is 6.29 Å². The zero-order chi connectivity index (χ0) is 27.8. The second-order valence-corrected chi connectivity index (χ2v) is 10.5. The molecule has 1 atom stereocenters. The molecule has 2 aromatic rings. The van der Waals surface area contributed by atoms with Gasteiger partial charge in [0.2, 0.25) is 5.89 Å². The first kappa shape index (κ1) is 31.4. The average molecular weight is 521 g/mol. The Balaban J connectivity index is 0.000000296. The van der Waals surface area contributed by atoms with Crippen LogP contribution < -0.4 is 0 Å². The zero-order valence-electron chi connectivity index (χ0n) is 24.5. The number of benzene rings is 1. The van der Waals surface area contributed by atoms with Crippen LogP contribution in [-0.4, -0.2) is 30.2 Å². The molecular formula is C33H48N2O3. The Labute approximate surface area is 230 Å². The van der Waals surface area contributed by atoms with E-state index in [1.54, 1.807) is 18.3 Å². The molecule has 208 valence electrons. The summed E-state index contributed by atoms with van der Waals surface area (Å²) in [5.74, 6) is 2.53. The maximum Gasteiger partial charge on any atom is 0.202 e. The number of ether oxygens (including phenoxy) is 1. The Morgan fingerprint density at radius 3 is 2.26 bits per heavy atom. The van der Waals surface area contributed by atoms with E-state index in [-0.39, 0.29) is 5.92 Å². The van der Waals surface area contributed by atoms with Crippen LogP contribution in [0.1, 0.15) is 115 Å². The fourth-order valence-electron chi connectivity index (χ4n) is 4.38. The van der Waals surface area contributed by atoms with Crippen molar-refractivity contribution >= 4 is 12.0 Å². The second kappa shape index (κ2) is 17.7. The van der Waals surface area contributed by atoms with Crippen molar-refractivity contribution in [2.24, 2.45) is 10.9 Å². The summed E-state index contributed by atoms with van der Waals surface area (Å²) in [7, 11) is 0. The third kappa shape index (κ3) is 11.3. The number of carbonyl (C=O) groups is 1. The summed E-state index contributed by atoms with van der Waals surface area (Å²) in [6.07, 6.45) is 17.3. The van der Waals surface area contributed by atoms with Crippen molar-refractivity contribution in [3.63, 3.8) is 0 Å². The third-order valence-electron chi connectivity index (χ3n) is 6.57. The zero-order valence-corrected chi connectivity index (χ0v) is 24.5. The molecule has 2 aliphatic carbocycles. The van der Waals surface area contributed by atoms with Crippen molar-refractivity contribution in [1.29, 1.82) is 0 Å². The van der Waals surface area contributed by atoms with Crippen LogP contribution in [-0.2, 0) is 4.74 Å². The van der Waals surface area contributed by atoms with Gasteiger partial charge in [-0.2, -0.15) is 0 Å². The van der Waals surface area contributed by atoms with Crippen LogP contribution in [0.25, 0.3) is 11.3 Å². The molecule has 1 aromatic heterocycles. The van der Waals surface area contributed by atoms with Crippen LogP contribution in [0.15, 0.2) is 63.3 Å². The van der Waals surface area contributed by atoms with Gasteiger partial charge < -0.3 is 9.15 Å². The number of aldehydes is 1. The predicted octanol–water partition coefficient (Wildman–Crippen LogP) is 9.36. The fraction of sp³-hybridized carbons (Fsp3) is 0.545. The highest BCUT2D eigenvalue weighted by atomic mass is 16.5. The van der Waals surface area contributed by atoms with Gasteiger partial charge in [-0.25, -0.2) is 4.98 Å². The van der Waals surface area contributed by atoms with Gasteiger partial charge in [0.05, 0.1) is 12.1 Å². The van der Waals surface area contributed by atoms with Crippen LogP contribution in [0.5, 0.6) is 0 Å². The van der Waals surface area contributed by atoms with Crippen molar-refractivity contribution in [3.8, 4) is 11.3 Å². The smallest absolute Gasteiger partial charge is 0.202 e. The number of hydrogen-bond acceptors (Lipinski definition) is 5. The van der Waals surface area contributed by atoms with E-state index in [4.69, 9.17) is 9.15 Å². The molecule has 0 saturated heterocycles. The Morgan fingerprint density at radius 2 is 1.74 bits per heavy atom. The van der Waals surface area contributed by atoms with Crippen molar-refractivity contribution in [3.05, 3.63) is 65.3 Å². The maximum atomic E-state index is 10.7. The minimum absolute atomic E-state index is 0.0924. The van der Waals surface area contributed by atoms with Crippen molar-refractivity contribution in [1.82, 2.24) is 4.98 Å². The fourth-order valence-corrected chi connectivity index (χ4v) is 4.38. The number of aliphatic imine (C=N–C) groups is 1. The Morgan fingerprint density at radius 1 is 1.08 bits per heavy atom. The standard InChI is InChI=1S/C20H20N2O2.C7H14.C6H14O/c1-13(2)22-18-10-17(7-4-14(18)3)20-21-11-19(24-20)16-8-5-15(12-23)6-9-16;1-7-5-3-2-4-6-7;1-3-5-7-6-4-2/h4-9,11-12,17H,10H2,1-3H3;7H,2-6H2,1H3;3-6H2,1-2H3. The Hall–Kier alpha value is -2.79. The molecule has 0 N–H and O–H groups in total. The molecule has 38 heavy (non-hydrogen) atoms. The number of hydrogen-bond donors (Lipinski definition) is 0. The molecule has 5 heteroatoms. The van der Waals surface area contributed by atoms with Crippen molar-refractivity contribution in [2.45, 2.75) is 98.8 Å². The van der Waals surface area contributed by atoms with Crippen LogP contribution in [0, 0.1) is 5.92 Å². The molecule has 1 saturated carbocycles. The summed E-state index contributed by atoms with van der Waals surface area (Å²) in [6.45, 7) is 14.5. The lowest BCUT2D eigenvalue weighted by atomic mass is 9.91. The van der Waals surface area contributed by atoms with Crippen LogP contribution in [0.3, 0.4) is 0 Å². The van der Waals surface area contributed by atoms with Crippen LogP contribution in [0.2, 0.25) is 0 Å². The molecule has 1 heterocycles. The summed E-state index contributed by atoms with van der Waals surface area (Å²) in [5, 5.41) is 0. The summed E-state index contributed by atoms with van der Waals surface area (Å²) in [5.41, 5.74) is 4.86. The van der Waals surface area contributed by atoms with Gasteiger partial charge in [0, 0.05) is 42.2 Å². The molecular weight excluding hydrogens is 472 g/mol. The first-order valence-electron chi connectivity index (χ1n) is 14.4. The highest BCUT2D eigenvalue weighted by molar-refractivity contribution is 5.80. The lowest BCUT2D eigenvalue weighted by molar-refractivity contribution is 0.112. The van der Waals surface area contributed by atoms with E-state index in [2.05, 4.69) is 49.8 Å². The maximum absolute atomic E-state index is 10.7. The predicted molar refractivity (Wildman–Crippen MR) is 159 cm³/mol. The largest absolute Gasteiger partial charge is 0.440 e. The molecule has 5 nitrogen and oxygen atoms in total. The topological polar surface area (TPSA) is 64.7 Å². The number of aromatic nitrogens is 1. The molecule has 4 rings (SSSR count). The molecule has 2 aliphatic rings. The third-order valence-corrected chi connectivity index (χ3v) is 6.57. The van der Waals surface area contributed by atoms with E-state index >= 15 is 0 Å². The van der Waals surface area contributed by atoms with Gasteiger partial charge >= 0.3 is 0 Å². The van der Waals surface area contributed by atoms with E-state index in [1.807, 2.05) is 26.0 Å². The van der Waals surface area contributed by atoms with Gasteiger partial charge in [-0.3, -0.25) is 9.79 Å². The van der Waals surface area contributed by atoms with Crippen molar-refractivity contribution < 1.29 is 13.9 Å². The Kier molecular flexibility index (Phi) is 14.6. The molecule has 0 radical (unpaired) electrons. The minimum Gasteiger partial charge on any atom is -0.440 e. The number of carbonyl (C=O) groups excluding carboxylic acids is 1. The Bertz CT molecular complexity index is 1030. The van der Waals surface area contributed by atoms with E-state index < -0.39 is 0 Å². The molecule has 0 aliphatic heterocycles. The SMILES string of the molecule is CC(C)=NC1=C(C)C=CC(c2ncc(-c3ccc(C=O)cc3)o2)C1.CC1CCCCC1.CCCOCCC.